The van der Waals surface area contributed by atoms with Gasteiger partial charge in [-0.3, -0.25) is 4.79 Å². The maximum atomic E-state index is 12.5. The molecule has 0 aliphatic carbocycles. The van der Waals surface area contributed by atoms with E-state index in [0.29, 0.717) is 18.3 Å². The molecular weight excluding hydrogens is 346 g/mol. The number of piperidine rings is 1. The van der Waals surface area contributed by atoms with E-state index in [1.807, 2.05) is 58.8 Å². The maximum absolute atomic E-state index is 12.5. The van der Waals surface area contributed by atoms with Crippen LogP contribution in [0, 0.1) is 0 Å². The number of carbonyl (C=O) groups excluding carboxylic acids is 1. The fourth-order valence-electron chi connectivity index (χ4n) is 3.12. The fourth-order valence-corrected chi connectivity index (χ4v) is 3.76. The minimum Gasteiger partial charge on any atom is -0.420 e. The summed E-state index contributed by atoms with van der Waals surface area (Å²) >= 11 is 1.58. The molecule has 6 heteroatoms. The van der Waals surface area contributed by atoms with Crippen molar-refractivity contribution in [2.45, 2.75) is 18.8 Å². The first-order valence-corrected chi connectivity index (χ1v) is 9.57. The van der Waals surface area contributed by atoms with Crippen molar-refractivity contribution in [1.82, 2.24) is 15.1 Å². The number of hydrogen-bond donors (Lipinski definition) is 0. The standard InChI is InChI=1S/C20H19N3O2S/c24-18(11-10-15-6-2-1-3-7-15)23-12-4-8-16(14-23)19-21-22-20(25-19)17-9-5-13-26-17/h1-3,5-7,9-11,13,16H,4,8,12,14H2/b11-10-/t16-/m0/s1. The van der Waals surface area contributed by atoms with Gasteiger partial charge in [0.25, 0.3) is 5.89 Å². The van der Waals surface area contributed by atoms with Crippen molar-refractivity contribution in [2.75, 3.05) is 13.1 Å². The van der Waals surface area contributed by atoms with Gasteiger partial charge in [0.05, 0.1) is 10.8 Å². The van der Waals surface area contributed by atoms with Crippen LogP contribution in [0.5, 0.6) is 0 Å². The quantitative estimate of drug-likeness (QED) is 0.650. The van der Waals surface area contributed by atoms with Gasteiger partial charge in [0.15, 0.2) is 0 Å². The van der Waals surface area contributed by atoms with Crippen LogP contribution >= 0.6 is 11.3 Å². The van der Waals surface area contributed by atoms with Gasteiger partial charge in [-0.25, -0.2) is 0 Å². The predicted molar refractivity (Wildman–Crippen MR) is 102 cm³/mol. The van der Waals surface area contributed by atoms with Gasteiger partial charge in [-0.15, -0.1) is 21.5 Å². The van der Waals surface area contributed by atoms with Crippen LogP contribution < -0.4 is 0 Å². The van der Waals surface area contributed by atoms with Gasteiger partial charge in [-0.1, -0.05) is 36.4 Å². The zero-order valence-corrected chi connectivity index (χ0v) is 15.1. The lowest BCUT2D eigenvalue weighted by Gasteiger charge is -2.30. The molecule has 3 heterocycles. The number of rotatable bonds is 4. The summed E-state index contributed by atoms with van der Waals surface area (Å²) in [6.07, 6.45) is 5.39. The van der Waals surface area contributed by atoms with Crippen molar-refractivity contribution in [2.24, 2.45) is 0 Å². The van der Waals surface area contributed by atoms with E-state index in [2.05, 4.69) is 10.2 Å². The molecule has 3 aromatic rings. The molecule has 1 saturated heterocycles. The van der Waals surface area contributed by atoms with Crippen molar-refractivity contribution in [3.8, 4) is 10.8 Å². The molecule has 1 fully saturated rings. The van der Waals surface area contributed by atoms with Crippen molar-refractivity contribution in [3.05, 3.63) is 65.4 Å². The smallest absolute Gasteiger partial charge is 0.257 e. The van der Waals surface area contributed by atoms with Gasteiger partial charge in [0.2, 0.25) is 11.8 Å². The van der Waals surface area contributed by atoms with Crippen LogP contribution in [0.2, 0.25) is 0 Å². The minimum absolute atomic E-state index is 0.0246. The Morgan fingerprint density at radius 3 is 2.88 bits per heavy atom. The summed E-state index contributed by atoms with van der Waals surface area (Å²) in [5.41, 5.74) is 1.02. The average molecular weight is 365 g/mol. The van der Waals surface area contributed by atoms with E-state index < -0.39 is 0 Å². The van der Waals surface area contributed by atoms with E-state index in [9.17, 15) is 4.79 Å². The summed E-state index contributed by atoms with van der Waals surface area (Å²) in [7, 11) is 0. The first kappa shape index (κ1) is 16.7. The third kappa shape index (κ3) is 3.75. The number of aromatic nitrogens is 2. The van der Waals surface area contributed by atoms with Crippen LogP contribution in [0.25, 0.3) is 16.8 Å². The molecule has 0 N–H and O–H groups in total. The molecule has 4 rings (SSSR count). The maximum Gasteiger partial charge on any atom is 0.257 e. The van der Waals surface area contributed by atoms with Crippen LogP contribution in [0.3, 0.4) is 0 Å². The summed E-state index contributed by atoms with van der Waals surface area (Å²) in [6, 6.07) is 13.8. The summed E-state index contributed by atoms with van der Waals surface area (Å²) < 4.78 is 5.86. The Kier molecular flexibility index (Phi) is 4.93. The molecule has 0 unspecified atom stereocenters. The van der Waals surface area contributed by atoms with E-state index >= 15 is 0 Å². The van der Waals surface area contributed by atoms with E-state index in [0.717, 1.165) is 29.8 Å². The summed E-state index contributed by atoms with van der Waals surface area (Å²) in [5, 5.41) is 10.4. The third-order valence-corrected chi connectivity index (χ3v) is 5.33. The number of hydrogen-bond acceptors (Lipinski definition) is 5. The lowest BCUT2D eigenvalue weighted by molar-refractivity contribution is -0.127. The lowest BCUT2D eigenvalue weighted by atomic mass is 9.98. The molecule has 1 amide bonds. The van der Waals surface area contributed by atoms with E-state index in [1.165, 1.54) is 0 Å². The molecule has 5 nitrogen and oxygen atoms in total. The van der Waals surface area contributed by atoms with E-state index in [-0.39, 0.29) is 11.8 Å². The van der Waals surface area contributed by atoms with Gasteiger partial charge in [-0.05, 0) is 35.9 Å². The highest BCUT2D eigenvalue weighted by atomic mass is 32.1. The van der Waals surface area contributed by atoms with Gasteiger partial charge >= 0.3 is 0 Å². The van der Waals surface area contributed by atoms with Crippen molar-refractivity contribution >= 4 is 23.3 Å². The molecule has 0 radical (unpaired) electrons. The van der Waals surface area contributed by atoms with E-state index in [1.54, 1.807) is 17.4 Å². The average Bonchev–Trinajstić information content (AvgIpc) is 3.38. The van der Waals surface area contributed by atoms with Gasteiger partial charge < -0.3 is 9.32 Å². The Balaban J connectivity index is 1.42. The Hall–Kier alpha value is -2.73. The van der Waals surface area contributed by atoms with Crippen molar-refractivity contribution in [3.63, 3.8) is 0 Å². The monoisotopic (exact) mass is 365 g/mol. The molecule has 0 bridgehead atoms. The second-order valence-corrected chi connectivity index (χ2v) is 7.24. The number of thiophene rings is 1. The van der Waals surface area contributed by atoms with E-state index in [4.69, 9.17) is 4.42 Å². The second kappa shape index (κ2) is 7.66. The highest BCUT2D eigenvalue weighted by Gasteiger charge is 2.27. The SMILES string of the molecule is O=C(/C=C\c1ccccc1)N1CCC[C@H](c2nnc(-c3cccs3)o2)C1. The molecule has 1 aliphatic heterocycles. The Morgan fingerprint density at radius 2 is 2.08 bits per heavy atom. The molecule has 26 heavy (non-hydrogen) atoms. The van der Waals surface area contributed by atoms with Gasteiger partial charge in [0.1, 0.15) is 0 Å². The van der Waals surface area contributed by atoms with Gasteiger partial charge in [-0.2, -0.15) is 0 Å². The number of carbonyl (C=O) groups is 1. The highest BCUT2D eigenvalue weighted by molar-refractivity contribution is 7.13. The predicted octanol–water partition coefficient (Wildman–Crippen LogP) is 4.22. The zero-order chi connectivity index (χ0) is 17.8. The van der Waals surface area contributed by atoms with Crippen LogP contribution in [0.15, 0.2) is 58.3 Å². The Bertz CT molecular complexity index is 887. The van der Waals surface area contributed by atoms with Crippen LogP contribution in [0.4, 0.5) is 0 Å². The normalized spacial score (nSPS) is 17.7. The molecule has 2 aromatic heterocycles. The number of likely N-dealkylation sites (tertiary alicyclic amines) is 1. The Morgan fingerprint density at radius 1 is 1.19 bits per heavy atom. The lowest BCUT2D eigenvalue weighted by Crippen LogP contribution is -2.38. The summed E-state index contributed by atoms with van der Waals surface area (Å²) in [4.78, 5) is 15.3. The highest BCUT2D eigenvalue weighted by Crippen LogP contribution is 2.30. The number of nitrogens with zero attached hydrogens (tertiary/aromatic N) is 3. The topological polar surface area (TPSA) is 59.2 Å². The first-order valence-electron chi connectivity index (χ1n) is 8.69. The first-order chi connectivity index (χ1) is 12.8. The molecule has 1 aromatic carbocycles. The van der Waals surface area contributed by atoms with Gasteiger partial charge in [0, 0.05) is 19.2 Å². The largest absolute Gasteiger partial charge is 0.420 e. The van der Waals surface area contributed by atoms with Crippen LogP contribution in [-0.2, 0) is 4.79 Å². The Labute approximate surface area is 156 Å². The van der Waals surface area contributed by atoms with Crippen molar-refractivity contribution < 1.29 is 9.21 Å². The molecule has 1 aliphatic rings. The zero-order valence-electron chi connectivity index (χ0n) is 14.2. The van der Waals surface area contributed by atoms with Crippen molar-refractivity contribution in [1.29, 1.82) is 0 Å². The second-order valence-electron chi connectivity index (χ2n) is 6.29. The third-order valence-electron chi connectivity index (χ3n) is 4.47. The molecule has 0 saturated carbocycles. The van der Waals surface area contributed by atoms with Crippen LogP contribution in [-0.4, -0.2) is 34.1 Å². The molecule has 132 valence electrons. The molecule has 0 spiro atoms. The van der Waals surface area contributed by atoms with Crippen LogP contribution in [0.1, 0.15) is 30.2 Å². The fraction of sp³-hybridized carbons (Fsp3) is 0.250. The number of benzene rings is 1. The summed E-state index contributed by atoms with van der Waals surface area (Å²) in [5.74, 6) is 1.30. The number of amides is 1. The molecule has 1 atom stereocenters. The molecular formula is C20H19N3O2S. The summed E-state index contributed by atoms with van der Waals surface area (Å²) in [6.45, 7) is 1.38. The minimum atomic E-state index is 0.0246.